The van der Waals surface area contributed by atoms with Gasteiger partial charge in [0.2, 0.25) is 0 Å². The van der Waals surface area contributed by atoms with E-state index in [-0.39, 0.29) is 0 Å². The molecule has 0 saturated heterocycles. The summed E-state index contributed by atoms with van der Waals surface area (Å²) in [4.78, 5) is 4.37. The van der Waals surface area contributed by atoms with E-state index in [0.29, 0.717) is 0 Å². The van der Waals surface area contributed by atoms with Crippen LogP contribution in [0.2, 0.25) is 0 Å². The monoisotopic (exact) mass is 199 g/mol. The number of hydrogen-bond acceptors (Lipinski definition) is 2. The standard InChI is InChI=1S/C13H13NO/c1-15-13-9-5-4-7-11(13)12-8-3-2-6-10-14-12/h3-10H,2H2,1H3. The zero-order valence-corrected chi connectivity index (χ0v) is 8.68. The van der Waals surface area contributed by atoms with Gasteiger partial charge in [0.15, 0.2) is 0 Å². The number of para-hydroxylation sites is 1. The van der Waals surface area contributed by atoms with Crippen molar-refractivity contribution in [2.45, 2.75) is 6.42 Å². The fourth-order valence-electron chi connectivity index (χ4n) is 1.51. The molecular weight excluding hydrogens is 186 g/mol. The molecule has 1 aliphatic heterocycles. The van der Waals surface area contributed by atoms with E-state index in [4.69, 9.17) is 4.74 Å². The molecule has 0 fully saturated rings. The third kappa shape index (κ3) is 2.15. The largest absolute Gasteiger partial charge is 0.496 e. The molecule has 0 amide bonds. The maximum atomic E-state index is 5.30. The lowest BCUT2D eigenvalue weighted by molar-refractivity contribution is 0.414. The first-order chi connectivity index (χ1) is 7.42. The first-order valence-electron chi connectivity index (χ1n) is 4.94. The summed E-state index contributed by atoms with van der Waals surface area (Å²) in [6.45, 7) is 0. The molecule has 0 spiro atoms. The van der Waals surface area contributed by atoms with Crippen LogP contribution in [0, 0.1) is 0 Å². The number of methoxy groups -OCH3 is 1. The van der Waals surface area contributed by atoms with Crippen LogP contribution in [0.25, 0.3) is 0 Å². The molecule has 0 bridgehead atoms. The Kier molecular flexibility index (Phi) is 2.98. The van der Waals surface area contributed by atoms with Crippen molar-refractivity contribution in [2.75, 3.05) is 7.11 Å². The molecule has 0 unspecified atom stereocenters. The predicted molar refractivity (Wildman–Crippen MR) is 62.4 cm³/mol. The minimum Gasteiger partial charge on any atom is -0.496 e. The second-order valence-corrected chi connectivity index (χ2v) is 3.24. The van der Waals surface area contributed by atoms with E-state index in [2.05, 4.69) is 11.1 Å². The summed E-state index contributed by atoms with van der Waals surface area (Å²) in [6.07, 6.45) is 8.91. The predicted octanol–water partition coefficient (Wildman–Crippen LogP) is 2.96. The van der Waals surface area contributed by atoms with E-state index in [1.165, 1.54) is 0 Å². The Bertz CT molecular complexity index is 430. The minimum absolute atomic E-state index is 0.858. The highest BCUT2D eigenvalue weighted by Crippen LogP contribution is 2.19. The summed E-state index contributed by atoms with van der Waals surface area (Å²) in [5.41, 5.74) is 1.98. The van der Waals surface area contributed by atoms with Crippen molar-refractivity contribution in [2.24, 2.45) is 4.99 Å². The summed E-state index contributed by atoms with van der Waals surface area (Å²) in [6, 6.07) is 7.91. The van der Waals surface area contributed by atoms with Gasteiger partial charge < -0.3 is 4.74 Å². The van der Waals surface area contributed by atoms with Gasteiger partial charge in [0, 0.05) is 11.8 Å². The molecule has 0 atom stereocenters. The molecule has 1 aromatic rings. The van der Waals surface area contributed by atoms with Gasteiger partial charge in [-0.25, -0.2) is 0 Å². The van der Waals surface area contributed by atoms with Crippen molar-refractivity contribution < 1.29 is 4.74 Å². The molecule has 1 aromatic carbocycles. The van der Waals surface area contributed by atoms with E-state index in [9.17, 15) is 0 Å². The van der Waals surface area contributed by atoms with E-state index < -0.39 is 0 Å². The SMILES string of the molecule is COc1ccccc1C1=NC=CCC=C1. The third-order valence-corrected chi connectivity index (χ3v) is 2.25. The maximum Gasteiger partial charge on any atom is 0.128 e. The Morgan fingerprint density at radius 3 is 2.93 bits per heavy atom. The third-order valence-electron chi connectivity index (χ3n) is 2.25. The lowest BCUT2D eigenvalue weighted by atomic mass is 10.1. The van der Waals surface area contributed by atoms with Crippen LogP contribution in [0.15, 0.2) is 53.7 Å². The molecule has 0 radical (unpaired) electrons. The van der Waals surface area contributed by atoms with Gasteiger partial charge in [-0.3, -0.25) is 4.99 Å². The molecule has 0 aromatic heterocycles. The lowest BCUT2D eigenvalue weighted by Gasteiger charge is -2.06. The van der Waals surface area contributed by atoms with Crippen molar-refractivity contribution in [1.82, 2.24) is 0 Å². The van der Waals surface area contributed by atoms with Gasteiger partial charge in [0.1, 0.15) is 5.75 Å². The molecule has 0 N–H and O–H groups in total. The van der Waals surface area contributed by atoms with Crippen LogP contribution in [0.3, 0.4) is 0 Å². The quantitative estimate of drug-likeness (QED) is 0.717. The topological polar surface area (TPSA) is 21.6 Å². The Morgan fingerprint density at radius 1 is 1.20 bits per heavy atom. The smallest absolute Gasteiger partial charge is 0.128 e. The number of aliphatic imine (C=N–C) groups is 1. The first kappa shape index (κ1) is 9.71. The Balaban J connectivity index is 2.44. The van der Waals surface area contributed by atoms with Crippen LogP contribution in [-0.2, 0) is 0 Å². The van der Waals surface area contributed by atoms with Gasteiger partial charge in [-0.05, 0) is 24.6 Å². The van der Waals surface area contributed by atoms with Crippen molar-refractivity contribution >= 4 is 5.71 Å². The normalized spacial score (nSPS) is 14.6. The maximum absolute atomic E-state index is 5.30. The second kappa shape index (κ2) is 4.60. The highest BCUT2D eigenvalue weighted by Gasteiger charge is 2.06. The van der Waals surface area contributed by atoms with Crippen LogP contribution in [0.1, 0.15) is 12.0 Å². The highest BCUT2D eigenvalue weighted by atomic mass is 16.5. The second-order valence-electron chi connectivity index (χ2n) is 3.24. The average molecular weight is 199 g/mol. The molecule has 0 aliphatic carbocycles. The summed E-state index contributed by atoms with van der Waals surface area (Å²) in [5, 5.41) is 0. The highest BCUT2D eigenvalue weighted by molar-refractivity contribution is 6.10. The molecule has 15 heavy (non-hydrogen) atoms. The van der Waals surface area contributed by atoms with Gasteiger partial charge in [-0.1, -0.05) is 24.3 Å². The number of nitrogens with zero attached hydrogens (tertiary/aromatic N) is 1. The van der Waals surface area contributed by atoms with Gasteiger partial charge >= 0.3 is 0 Å². The van der Waals surface area contributed by atoms with E-state index in [0.717, 1.165) is 23.4 Å². The van der Waals surface area contributed by atoms with Gasteiger partial charge in [-0.2, -0.15) is 0 Å². The van der Waals surface area contributed by atoms with Crippen LogP contribution in [0.4, 0.5) is 0 Å². The molecule has 0 saturated carbocycles. The van der Waals surface area contributed by atoms with Crippen molar-refractivity contribution in [3.05, 3.63) is 54.3 Å². The zero-order chi connectivity index (χ0) is 10.5. The Hall–Kier alpha value is -1.83. The van der Waals surface area contributed by atoms with E-state index in [1.807, 2.05) is 42.6 Å². The van der Waals surface area contributed by atoms with Crippen LogP contribution < -0.4 is 4.74 Å². The zero-order valence-electron chi connectivity index (χ0n) is 8.68. The molecule has 76 valence electrons. The summed E-state index contributed by atoms with van der Waals surface area (Å²) in [7, 11) is 1.68. The summed E-state index contributed by atoms with van der Waals surface area (Å²) in [5.74, 6) is 0.858. The fourth-order valence-corrected chi connectivity index (χ4v) is 1.51. The van der Waals surface area contributed by atoms with Crippen molar-refractivity contribution in [3.63, 3.8) is 0 Å². The molecule has 2 heteroatoms. The number of hydrogen-bond donors (Lipinski definition) is 0. The summed E-state index contributed by atoms with van der Waals surface area (Å²) >= 11 is 0. The van der Waals surface area contributed by atoms with Gasteiger partial charge in [0.25, 0.3) is 0 Å². The van der Waals surface area contributed by atoms with Crippen LogP contribution >= 0.6 is 0 Å². The van der Waals surface area contributed by atoms with Gasteiger partial charge in [-0.15, -0.1) is 0 Å². The average Bonchev–Trinajstić information content (AvgIpc) is 2.57. The van der Waals surface area contributed by atoms with Crippen LogP contribution in [-0.4, -0.2) is 12.8 Å². The summed E-state index contributed by atoms with van der Waals surface area (Å²) < 4.78 is 5.30. The molecule has 2 rings (SSSR count). The number of rotatable bonds is 2. The number of allylic oxidation sites excluding steroid dienone is 3. The first-order valence-corrected chi connectivity index (χ1v) is 4.94. The van der Waals surface area contributed by atoms with E-state index >= 15 is 0 Å². The van der Waals surface area contributed by atoms with Gasteiger partial charge in [0.05, 0.1) is 12.8 Å². The van der Waals surface area contributed by atoms with Crippen molar-refractivity contribution in [3.8, 4) is 5.75 Å². The Morgan fingerprint density at radius 2 is 2.07 bits per heavy atom. The lowest BCUT2D eigenvalue weighted by Crippen LogP contribution is -1.99. The number of ether oxygens (including phenoxy) is 1. The molecule has 2 nitrogen and oxygen atoms in total. The fraction of sp³-hybridized carbons (Fsp3) is 0.154. The minimum atomic E-state index is 0.858. The molecular formula is C13H13NO. The van der Waals surface area contributed by atoms with Crippen molar-refractivity contribution in [1.29, 1.82) is 0 Å². The Labute approximate surface area is 89.6 Å². The molecule has 1 aliphatic rings. The number of benzene rings is 1. The van der Waals surface area contributed by atoms with Crippen LogP contribution in [0.5, 0.6) is 5.75 Å². The molecule has 1 heterocycles. The van der Waals surface area contributed by atoms with E-state index in [1.54, 1.807) is 7.11 Å².